The van der Waals surface area contributed by atoms with Crippen molar-refractivity contribution in [2.24, 2.45) is 17.6 Å². The first-order chi connectivity index (χ1) is 12.9. The lowest BCUT2D eigenvalue weighted by Gasteiger charge is -2.25. The molecule has 0 aliphatic rings. The second-order valence-electron chi connectivity index (χ2n) is 7.45. The summed E-state index contributed by atoms with van der Waals surface area (Å²) in [6, 6.07) is -3.11. The van der Waals surface area contributed by atoms with Crippen LogP contribution in [-0.2, 0) is 19.2 Å². The molecule has 0 aliphatic heterocycles. The highest BCUT2D eigenvalue weighted by Gasteiger charge is 2.29. The van der Waals surface area contributed by atoms with E-state index in [1.807, 2.05) is 20.8 Å². The summed E-state index contributed by atoms with van der Waals surface area (Å²) in [6.07, 6.45) is -0.224. The van der Waals surface area contributed by atoms with Crippen LogP contribution in [0.1, 0.15) is 47.5 Å². The van der Waals surface area contributed by atoms with E-state index in [4.69, 9.17) is 10.8 Å². The number of aliphatic carboxylic acids is 1. The normalized spacial score (nSPS) is 16.4. The predicted molar refractivity (Wildman–Crippen MR) is 103 cm³/mol. The Kier molecular flexibility index (Phi) is 11.3. The zero-order valence-electron chi connectivity index (χ0n) is 17.2. The fourth-order valence-corrected chi connectivity index (χ4v) is 2.47. The van der Waals surface area contributed by atoms with E-state index in [0.717, 1.165) is 0 Å². The van der Waals surface area contributed by atoms with E-state index in [2.05, 4.69) is 16.0 Å². The van der Waals surface area contributed by atoms with Gasteiger partial charge in [0.2, 0.25) is 17.7 Å². The number of amides is 3. The Morgan fingerprint density at radius 3 is 1.96 bits per heavy atom. The quantitative estimate of drug-likeness (QED) is 0.242. The van der Waals surface area contributed by atoms with Crippen LogP contribution in [0, 0.1) is 11.8 Å². The van der Waals surface area contributed by atoms with Gasteiger partial charge in [0.25, 0.3) is 0 Å². The minimum Gasteiger partial charge on any atom is -0.480 e. The molecule has 7 N–H and O–H groups in total. The number of aliphatic hydroxyl groups excluding tert-OH is 1. The van der Waals surface area contributed by atoms with Gasteiger partial charge in [0.05, 0.1) is 18.7 Å². The Hall–Kier alpha value is -2.20. The molecule has 0 bridgehead atoms. The topological polar surface area (TPSA) is 171 Å². The highest BCUT2D eigenvalue weighted by molar-refractivity contribution is 5.92. The maximum absolute atomic E-state index is 12.5. The standard InChI is InChI=1S/C18H34N4O6/c1-6-10(4)14(22-16(25)12(19)7-9(2)3)17(26)20-8-13(24)21-15(11(5)23)18(27)28/h9-12,14-15,23H,6-8,19H2,1-5H3,(H,20,26)(H,21,24)(H,22,25)(H,27,28). The Bertz CT molecular complexity index is 552. The number of nitrogens with one attached hydrogen (secondary N) is 3. The molecule has 0 aromatic heterocycles. The fourth-order valence-electron chi connectivity index (χ4n) is 2.47. The van der Waals surface area contributed by atoms with Crippen LogP contribution < -0.4 is 21.7 Å². The van der Waals surface area contributed by atoms with Crippen molar-refractivity contribution in [2.75, 3.05) is 6.54 Å². The van der Waals surface area contributed by atoms with E-state index in [0.29, 0.717) is 12.8 Å². The van der Waals surface area contributed by atoms with E-state index in [1.54, 1.807) is 6.92 Å². The molecule has 0 aromatic carbocycles. The summed E-state index contributed by atoms with van der Waals surface area (Å²) < 4.78 is 0. The second kappa shape index (κ2) is 12.3. The molecule has 0 aliphatic carbocycles. The Balaban J connectivity index is 4.88. The third-order valence-corrected chi connectivity index (χ3v) is 4.34. The van der Waals surface area contributed by atoms with Crippen LogP contribution in [-0.4, -0.2) is 64.7 Å². The van der Waals surface area contributed by atoms with Gasteiger partial charge in [-0.2, -0.15) is 0 Å². The van der Waals surface area contributed by atoms with Crippen molar-refractivity contribution in [2.45, 2.75) is 71.7 Å². The van der Waals surface area contributed by atoms with Gasteiger partial charge < -0.3 is 31.9 Å². The summed E-state index contributed by atoms with van der Waals surface area (Å²) >= 11 is 0. The van der Waals surface area contributed by atoms with Gasteiger partial charge in [-0.25, -0.2) is 4.79 Å². The highest BCUT2D eigenvalue weighted by atomic mass is 16.4. The van der Waals surface area contributed by atoms with Gasteiger partial charge in [0, 0.05) is 0 Å². The van der Waals surface area contributed by atoms with Gasteiger partial charge in [0.15, 0.2) is 6.04 Å². The number of rotatable bonds is 12. The molecule has 0 aromatic rings. The molecular formula is C18H34N4O6. The van der Waals surface area contributed by atoms with Crippen molar-refractivity contribution < 1.29 is 29.4 Å². The lowest BCUT2D eigenvalue weighted by Crippen LogP contribution is -2.56. The number of aliphatic hydroxyl groups is 1. The maximum Gasteiger partial charge on any atom is 0.328 e. The van der Waals surface area contributed by atoms with E-state index in [-0.39, 0.29) is 11.8 Å². The molecule has 0 saturated carbocycles. The molecule has 10 heteroatoms. The lowest BCUT2D eigenvalue weighted by molar-refractivity contribution is -0.144. The van der Waals surface area contributed by atoms with E-state index >= 15 is 0 Å². The van der Waals surface area contributed by atoms with E-state index in [1.165, 1.54) is 6.92 Å². The maximum atomic E-state index is 12.5. The highest BCUT2D eigenvalue weighted by Crippen LogP contribution is 2.09. The number of nitrogens with two attached hydrogens (primary N) is 1. The van der Waals surface area contributed by atoms with Crippen LogP contribution in [0.2, 0.25) is 0 Å². The third-order valence-electron chi connectivity index (χ3n) is 4.34. The molecule has 5 unspecified atom stereocenters. The molecule has 0 rings (SSSR count). The number of hydrogen-bond acceptors (Lipinski definition) is 6. The first kappa shape index (κ1) is 25.8. The van der Waals surface area contributed by atoms with Crippen LogP contribution in [0.5, 0.6) is 0 Å². The van der Waals surface area contributed by atoms with Crippen LogP contribution in [0.25, 0.3) is 0 Å². The summed E-state index contributed by atoms with van der Waals surface area (Å²) in [6.45, 7) is 8.25. The van der Waals surface area contributed by atoms with Gasteiger partial charge in [-0.1, -0.05) is 34.1 Å². The number of carboxylic acid groups (broad SMARTS) is 1. The van der Waals surface area contributed by atoms with Crippen LogP contribution >= 0.6 is 0 Å². The molecule has 3 amide bonds. The predicted octanol–water partition coefficient (Wildman–Crippen LogP) is -1.04. The molecular weight excluding hydrogens is 368 g/mol. The van der Waals surface area contributed by atoms with Crippen LogP contribution in [0.15, 0.2) is 0 Å². The smallest absolute Gasteiger partial charge is 0.328 e. The largest absolute Gasteiger partial charge is 0.480 e. The van der Waals surface area contributed by atoms with E-state index < -0.39 is 54.5 Å². The Morgan fingerprint density at radius 2 is 1.54 bits per heavy atom. The average molecular weight is 402 g/mol. The summed E-state index contributed by atoms with van der Waals surface area (Å²) in [7, 11) is 0. The van der Waals surface area contributed by atoms with Crippen LogP contribution in [0.3, 0.4) is 0 Å². The molecule has 0 saturated heterocycles. The molecule has 28 heavy (non-hydrogen) atoms. The molecule has 162 valence electrons. The molecule has 10 nitrogen and oxygen atoms in total. The van der Waals surface area contributed by atoms with Crippen molar-refractivity contribution in [1.82, 2.24) is 16.0 Å². The molecule has 0 heterocycles. The molecule has 0 fully saturated rings. The first-order valence-corrected chi connectivity index (χ1v) is 9.44. The molecule has 5 atom stereocenters. The Labute approximate surface area is 165 Å². The third kappa shape index (κ3) is 9.14. The van der Waals surface area contributed by atoms with Crippen LogP contribution in [0.4, 0.5) is 0 Å². The van der Waals surface area contributed by atoms with Crippen molar-refractivity contribution >= 4 is 23.7 Å². The van der Waals surface area contributed by atoms with Gasteiger partial charge in [0.1, 0.15) is 6.04 Å². The van der Waals surface area contributed by atoms with Crippen molar-refractivity contribution in [3.63, 3.8) is 0 Å². The molecule has 0 spiro atoms. The first-order valence-electron chi connectivity index (χ1n) is 9.44. The summed E-state index contributed by atoms with van der Waals surface area (Å²) in [5, 5.41) is 25.5. The number of carboxylic acids is 1. The fraction of sp³-hybridized carbons (Fsp3) is 0.778. The van der Waals surface area contributed by atoms with Crippen molar-refractivity contribution in [1.29, 1.82) is 0 Å². The van der Waals surface area contributed by atoms with Crippen molar-refractivity contribution in [3.8, 4) is 0 Å². The Morgan fingerprint density at radius 1 is 0.964 bits per heavy atom. The monoisotopic (exact) mass is 402 g/mol. The SMILES string of the molecule is CCC(C)C(NC(=O)C(N)CC(C)C)C(=O)NCC(=O)NC(C(=O)O)C(C)O. The van der Waals surface area contributed by atoms with Gasteiger partial charge in [-0.05, 0) is 25.2 Å². The van der Waals surface area contributed by atoms with Crippen molar-refractivity contribution in [3.05, 3.63) is 0 Å². The zero-order valence-corrected chi connectivity index (χ0v) is 17.2. The summed E-state index contributed by atoms with van der Waals surface area (Å²) in [5.41, 5.74) is 5.85. The zero-order chi connectivity index (χ0) is 22.0. The number of carbonyl (C=O) groups excluding carboxylic acids is 3. The molecule has 0 radical (unpaired) electrons. The number of carbonyl (C=O) groups is 4. The van der Waals surface area contributed by atoms with Gasteiger partial charge in [-0.3, -0.25) is 14.4 Å². The average Bonchev–Trinajstić information content (AvgIpc) is 2.59. The second-order valence-corrected chi connectivity index (χ2v) is 7.45. The minimum absolute atomic E-state index is 0.206. The minimum atomic E-state index is -1.48. The lowest BCUT2D eigenvalue weighted by atomic mass is 9.97. The van der Waals surface area contributed by atoms with E-state index in [9.17, 15) is 24.3 Å². The van der Waals surface area contributed by atoms with Gasteiger partial charge in [-0.15, -0.1) is 0 Å². The van der Waals surface area contributed by atoms with Gasteiger partial charge >= 0.3 is 5.97 Å². The number of hydrogen-bond donors (Lipinski definition) is 6. The summed E-state index contributed by atoms with van der Waals surface area (Å²) in [4.78, 5) is 47.6. The summed E-state index contributed by atoms with van der Waals surface area (Å²) in [5.74, 6) is -3.16.